The van der Waals surface area contributed by atoms with E-state index in [1.165, 1.54) is 24.2 Å². The lowest BCUT2D eigenvalue weighted by Gasteiger charge is -2.29. The van der Waals surface area contributed by atoms with Gasteiger partial charge in [-0.25, -0.2) is 9.67 Å². The summed E-state index contributed by atoms with van der Waals surface area (Å²) < 4.78 is 1.72. The SMILES string of the molecule is CC1CCN(Cc2csc(NC(=O)c3cn(-c4ccccc4)nc3-c3cccnc3)n2)CC1. The number of amides is 1. The minimum Gasteiger partial charge on any atom is -0.298 e. The zero-order valence-corrected chi connectivity index (χ0v) is 19.3. The summed E-state index contributed by atoms with van der Waals surface area (Å²) in [5.41, 5.74) is 3.74. The Kier molecular flexibility index (Phi) is 6.28. The lowest BCUT2D eigenvalue weighted by Crippen LogP contribution is -2.32. The van der Waals surface area contributed by atoms with Gasteiger partial charge in [0.05, 0.1) is 16.9 Å². The third-order valence-electron chi connectivity index (χ3n) is 5.95. The van der Waals surface area contributed by atoms with E-state index in [4.69, 9.17) is 5.10 Å². The molecular formula is C25H26N6OS. The number of nitrogens with zero attached hydrogens (tertiary/aromatic N) is 5. The number of carbonyl (C=O) groups excluding carboxylic acids is 1. The first-order chi connectivity index (χ1) is 16.2. The summed E-state index contributed by atoms with van der Waals surface area (Å²) in [6, 6.07) is 13.5. The first kappa shape index (κ1) is 21.5. The van der Waals surface area contributed by atoms with Crippen molar-refractivity contribution >= 4 is 22.4 Å². The molecule has 168 valence electrons. The first-order valence-electron chi connectivity index (χ1n) is 11.2. The number of piperidine rings is 1. The number of hydrogen-bond acceptors (Lipinski definition) is 6. The smallest absolute Gasteiger partial charge is 0.261 e. The van der Waals surface area contributed by atoms with Gasteiger partial charge in [0.15, 0.2) is 5.13 Å². The van der Waals surface area contributed by atoms with Crippen LogP contribution in [0.15, 0.2) is 66.4 Å². The molecule has 1 aliphatic rings. The van der Waals surface area contributed by atoms with Gasteiger partial charge in [-0.05, 0) is 56.1 Å². The molecule has 0 saturated carbocycles. The van der Waals surface area contributed by atoms with Crippen LogP contribution in [0.1, 0.15) is 35.8 Å². The summed E-state index contributed by atoms with van der Waals surface area (Å²) in [6.07, 6.45) is 7.65. The Morgan fingerprint density at radius 1 is 1.15 bits per heavy atom. The average molecular weight is 459 g/mol. The minimum atomic E-state index is -0.233. The normalized spacial score (nSPS) is 14.9. The molecule has 3 aromatic heterocycles. The Labute approximate surface area is 197 Å². The summed E-state index contributed by atoms with van der Waals surface area (Å²) >= 11 is 1.46. The maximum atomic E-state index is 13.3. The number of para-hydroxylation sites is 1. The second kappa shape index (κ2) is 9.64. The van der Waals surface area contributed by atoms with Crippen molar-refractivity contribution in [1.29, 1.82) is 0 Å². The number of rotatable bonds is 6. The number of pyridine rings is 1. The van der Waals surface area contributed by atoms with E-state index in [1.54, 1.807) is 23.3 Å². The molecule has 0 spiro atoms. The van der Waals surface area contributed by atoms with Gasteiger partial charge in [0, 0.05) is 36.1 Å². The summed E-state index contributed by atoms with van der Waals surface area (Å²) in [4.78, 5) is 24.6. The second-order valence-electron chi connectivity index (χ2n) is 8.47. The quantitative estimate of drug-likeness (QED) is 0.446. The number of nitrogens with one attached hydrogen (secondary N) is 1. The zero-order valence-electron chi connectivity index (χ0n) is 18.5. The maximum Gasteiger partial charge on any atom is 0.261 e. The third-order valence-corrected chi connectivity index (χ3v) is 6.76. The molecule has 1 aromatic carbocycles. The Morgan fingerprint density at radius 2 is 1.97 bits per heavy atom. The van der Waals surface area contributed by atoms with Crippen LogP contribution in [-0.2, 0) is 6.54 Å². The van der Waals surface area contributed by atoms with Crippen LogP contribution in [0, 0.1) is 5.92 Å². The molecule has 1 N–H and O–H groups in total. The Bertz CT molecular complexity index is 1210. The van der Waals surface area contributed by atoms with Gasteiger partial charge in [-0.15, -0.1) is 11.3 Å². The molecule has 1 fully saturated rings. The predicted octanol–water partition coefficient (Wildman–Crippen LogP) is 4.88. The van der Waals surface area contributed by atoms with Crippen LogP contribution >= 0.6 is 11.3 Å². The molecule has 1 amide bonds. The average Bonchev–Trinajstić information content (AvgIpc) is 3.49. The summed E-state index contributed by atoms with van der Waals surface area (Å²) in [5.74, 6) is 0.570. The minimum absolute atomic E-state index is 0.233. The highest BCUT2D eigenvalue weighted by Gasteiger charge is 2.21. The maximum absolute atomic E-state index is 13.3. The molecule has 8 heteroatoms. The zero-order chi connectivity index (χ0) is 22.6. The van der Waals surface area contributed by atoms with E-state index in [0.29, 0.717) is 16.4 Å². The van der Waals surface area contributed by atoms with E-state index in [9.17, 15) is 4.79 Å². The number of benzene rings is 1. The molecule has 4 heterocycles. The van der Waals surface area contributed by atoms with Crippen LogP contribution < -0.4 is 5.32 Å². The molecule has 0 bridgehead atoms. The Balaban J connectivity index is 1.36. The van der Waals surface area contributed by atoms with Crippen LogP contribution in [0.2, 0.25) is 0 Å². The number of carbonyl (C=O) groups is 1. The fourth-order valence-electron chi connectivity index (χ4n) is 4.02. The molecule has 1 aliphatic heterocycles. The van der Waals surface area contributed by atoms with Gasteiger partial charge in [0.2, 0.25) is 0 Å². The van der Waals surface area contributed by atoms with Crippen molar-refractivity contribution in [3.05, 3.63) is 77.7 Å². The molecule has 1 saturated heterocycles. The van der Waals surface area contributed by atoms with Crippen LogP contribution in [0.4, 0.5) is 5.13 Å². The molecule has 33 heavy (non-hydrogen) atoms. The van der Waals surface area contributed by atoms with Gasteiger partial charge in [-0.1, -0.05) is 25.1 Å². The van der Waals surface area contributed by atoms with E-state index in [-0.39, 0.29) is 5.91 Å². The van der Waals surface area contributed by atoms with Crippen LogP contribution in [0.3, 0.4) is 0 Å². The summed E-state index contributed by atoms with van der Waals surface area (Å²) in [6.45, 7) is 5.35. The Morgan fingerprint density at radius 3 is 2.73 bits per heavy atom. The summed E-state index contributed by atoms with van der Waals surface area (Å²) in [7, 11) is 0. The fraction of sp³-hybridized carbons (Fsp3) is 0.280. The van der Waals surface area contributed by atoms with Crippen LogP contribution in [0.25, 0.3) is 16.9 Å². The van der Waals surface area contributed by atoms with Crippen LogP contribution in [-0.4, -0.2) is 43.6 Å². The number of thiazole rings is 1. The van der Waals surface area contributed by atoms with Gasteiger partial charge in [0.1, 0.15) is 5.69 Å². The highest BCUT2D eigenvalue weighted by Crippen LogP contribution is 2.26. The molecule has 0 unspecified atom stereocenters. The number of hydrogen-bond donors (Lipinski definition) is 1. The molecule has 0 aliphatic carbocycles. The molecule has 5 rings (SSSR count). The lowest BCUT2D eigenvalue weighted by atomic mass is 9.99. The standard InChI is InChI=1S/C25H26N6OS/c1-18-9-12-30(13-10-18)15-20-17-33-25(27-20)28-24(32)22-16-31(21-7-3-2-4-8-21)29-23(22)19-6-5-11-26-14-19/h2-8,11,14,16-18H,9-10,12-13,15H2,1H3,(H,27,28,32). The lowest BCUT2D eigenvalue weighted by molar-refractivity contribution is 0.102. The van der Waals surface area contributed by atoms with E-state index in [2.05, 4.69) is 27.1 Å². The predicted molar refractivity (Wildman–Crippen MR) is 131 cm³/mol. The van der Waals surface area contributed by atoms with Gasteiger partial charge in [0.25, 0.3) is 5.91 Å². The molecule has 0 atom stereocenters. The van der Waals surface area contributed by atoms with Crippen molar-refractivity contribution in [3.63, 3.8) is 0 Å². The van der Waals surface area contributed by atoms with Gasteiger partial charge in [-0.3, -0.25) is 20.0 Å². The van der Waals surface area contributed by atoms with E-state index in [0.717, 1.165) is 42.5 Å². The molecule has 7 nitrogen and oxygen atoms in total. The van der Waals surface area contributed by atoms with Crippen molar-refractivity contribution in [2.45, 2.75) is 26.3 Å². The van der Waals surface area contributed by atoms with Crippen molar-refractivity contribution in [3.8, 4) is 16.9 Å². The van der Waals surface area contributed by atoms with Crippen molar-refractivity contribution < 1.29 is 4.79 Å². The van der Waals surface area contributed by atoms with Gasteiger partial charge < -0.3 is 0 Å². The highest BCUT2D eigenvalue weighted by atomic mass is 32.1. The van der Waals surface area contributed by atoms with Gasteiger partial charge >= 0.3 is 0 Å². The molecule has 0 radical (unpaired) electrons. The molecular weight excluding hydrogens is 432 g/mol. The van der Waals surface area contributed by atoms with E-state index < -0.39 is 0 Å². The fourth-order valence-corrected chi connectivity index (χ4v) is 4.72. The summed E-state index contributed by atoms with van der Waals surface area (Å²) in [5, 5.41) is 10.3. The number of anilines is 1. The van der Waals surface area contributed by atoms with Crippen LogP contribution in [0.5, 0.6) is 0 Å². The highest BCUT2D eigenvalue weighted by molar-refractivity contribution is 7.14. The molecule has 4 aromatic rings. The van der Waals surface area contributed by atoms with E-state index in [1.807, 2.05) is 47.8 Å². The second-order valence-corrected chi connectivity index (χ2v) is 9.33. The Hall–Kier alpha value is -3.36. The monoisotopic (exact) mass is 458 g/mol. The van der Waals surface area contributed by atoms with E-state index >= 15 is 0 Å². The van der Waals surface area contributed by atoms with Crippen molar-refractivity contribution in [2.75, 3.05) is 18.4 Å². The largest absolute Gasteiger partial charge is 0.298 e. The first-order valence-corrected chi connectivity index (χ1v) is 12.1. The number of aromatic nitrogens is 4. The number of likely N-dealkylation sites (tertiary alicyclic amines) is 1. The topological polar surface area (TPSA) is 75.9 Å². The van der Waals surface area contributed by atoms with Crippen molar-refractivity contribution in [1.82, 2.24) is 24.6 Å². The van der Waals surface area contributed by atoms with Crippen molar-refractivity contribution in [2.24, 2.45) is 5.92 Å². The third kappa shape index (κ3) is 5.02. The van der Waals surface area contributed by atoms with Gasteiger partial charge in [-0.2, -0.15) is 5.10 Å².